The highest BCUT2D eigenvalue weighted by Gasteiger charge is 2.25. The fraction of sp³-hybridized carbons (Fsp3) is 0.474. The molecule has 0 atom stereocenters. The Labute approximate surface area is 155 Å². The van der Waals surface area contributed by atoms with Crippen molar-refractivity contribution in [3.8, 4) is 0 Å². The monoisotopic (exact) mass is 362 g/mol. The maximum atomic E-state index is 12.9. The second kappa shape index (κ2) is 11.1. The largest absolute Gasteiger partial charge is 0.508 e. The molecule has 1 amide bonds. The molecule has 0 aromatic heterocycles. The Balaban J connectivity index is 3.20. The Morgan fingerprint density at radius 2 is 2.12 bits per heavy atom. The standard InChI is InChI=1S/C19H30N4O3/c1-4-14(11-15(24)5-2)22-19(25)18(26-16-9-7-8-10-16)17(12-20)23(6-3)13-21/h4-5,11-12,16,20,24H,1,6-10,13,21H2,2-3H3,(H,22,25)/b14-11+,15-5+,18-17-,20-12?. The van der Waals surface area contributed by atoms with Gasteiger partial charge < -0.3 is 31.2 Å². The van der Waals surface area contributed by atoms with Gasteiger partial charge in [-0.2, -0.15) is 0 Å². The molecule has 1 fully saturated rings. The van der Waals surface area contributed by atoms with Crippen molar-refractivity contribution in [1.82, 2.24) is 10.2 Å². The van der Waals surface area contributed by atoms with E-state index in [-0.39, 0.29) is 24.3 Å². The molecule has 5 N–H and O–H groups in total. The molecule has 26 heavy (non-hydrogen) atoms. The van der Waals surface area contributed by atoms with E-state index in [1.54, 1.807) is 11.8 Å². The Hall–Kier alpha value is -2.54. The lowest BCUT2D eigenvalue weighted by Crippen LogP contribution is -2.35. The van der Waals surface area contributed by atoms with Gasteiger partial charge in [0.15, 0.2) is 0 Å². The van der Waals surface area contributed by atoms with E-state index in [1.165, 1.54) is 18.2 Å². The van der Waals surface area contributed by atoms with Crippen molar-refractivity contribution in [2.24, 2.45) is 5.73 Å². The number of nitrogens with two attached hydrogens (primary N) is 1. The van der Waals surface area contributed by atoms with Crippen molar-refractivity contribution in [3.63, 3.8) is 0 Å². The van der Waals surface area contributed by atoms with Crippen LogP contribution in [-0.2, 0) is 9.53 Å². The molecule has 0 bridgehead atoms. The summed E-state index contributed by atoms with van der Waals surface area (Å²) < 4.78 is 5.97. The molecule has 0 radical (unpaired) electrons. The number of rotatable bonds is 10. The predicted molar refractivity (Wildman–Crippen MR) is 103 cm³/mol. The van der Waals surface area contributed by atoms with Crippen LogP contribution in [0.1, 0.15) is 39.5 Å². The molecule has 144 valence electrons. The van der Waals surface area contributed by atoms with Crippen LogP contribution in [0.5, 0.6) is 0 Å². The number of aliphatic hydroxyl groups excluding tert-OH is 1. The molecule has 0 aliphatic heterocycles. The summed E-state index contributed by atoms with van der Waals surface area (Å²) in [4.78, 5) is 14.5. The lowest BCUT2D eigenvalue weighted by atomic mass is 10.2. The molecule has 0 spiro atoms. The number of ether oxygens (including phenoxy) is 1. The normalized spacial score (nSPS) is 16.7. The number of nitrogens with one attached hydrogen (secondary N) is 2. The molecule has 0 unspecified atom stereocenters. The molecule has 0 saturated heterocycles. The number of hydrogen-bond donors (Lipinski definition) is 4. The third kappa shape index (κ3) is 6.07. The number of carbonyl (C=O) groups excluding carboxylic acids is 1. The van der Waals surface area contributed by atoms with E-state index >= 15 is 0 Å². The highest BCUT2D eigenvalue weighted by atomic mass is 16.5. The first-order valence-corrected chi connectivity index (χ1v) is 8.87. The molecule has 7 heteroatoms. The van der Waals surface area contributed by atoms with E-state index in [2.05, 4.69) is 11.9 Å². The predicted octanol–water partition coefficient (Wildman–Crippen LogP) is 2.69. The summed E-state index contributed by atoms with van der Waals surface area (Å²) in [7, 11) is 0. The first-order chi connectivity index (χ1) is 12.5. The van der Waals surface area contributed by atoms with Crippen LogP contribution >= 0.6 is 0 Å². The summed E-state index contributed by atoms with van der Waals surface area (Å²) >= 11 is 0. The topological polar surface area (TPSA) is 112 Å². The van der Waals surface area contributed by atoms with Gasteiger partial charge in [0.05, 0.1) is 12.8 Å². The molecule has 1 aliphatic carbocycles. The third-order valence-corrected chi connectivity index (χ3v) is 4.18. The lowest BCUT2D eigenvalue weighted by Gasteiger charge is -2.25. The molecule has 7 nitrogen and oxygen atoms in total. The Morgan fingerprint density at radius 3 is 2.58 bits per heavy atom. The van der Waals surface area contributed by atoms with Gasteiger partial charge in [-0.1, -0.05) is 6.58 Å². The summed E-state index contributed by atoms with van der Waals surface area (Å²) in [5.74, 6) is -0.434. The zero-order chi connectivity index (χ0) is 19.5. The van der Waals surface area contributed by atoms with E-state index in [0.29, 0.717) is 17.9 Å². The molecular weight excluding hydrogens is 332 g/mol. The second-order valence-electron chi connectivity index (χ2n) is 5.89. The van der Waals surface area contributed by atoms with Crippen molar-refractivity contribution < 1.29 is 14.6 Å². The van der Waals surface area contributed by atoms with Gasteiger partial charge in [-0.25, -0.2) is 0 Å². The number of aliphatic hydroxyl groups is 1. The smallest absolute Gasteiger partial charge is 0.293 e. The Bertz CT molecular complexity index is 598. The first kappa shape index (κ1) is 21.5. The summed E-state index contributed by atoms with van der Waals surface area (Å²) in [6, 6.07) is 0. The average Bonchev–Trinajstić information content (AvgIpc) is 3.16. The van der Waals surface area contributed by atoms with Crippen molar-refractivity contribution >= 4 is 12.1 Å². The van der Waals surface area contributed by atoms with Gasteiger partial charge in [0.2, 0.25) is 5.76 Å². The molecular formula is C19H30N4O3. The molecule has 1 saturated carbocycles. The third-order valence-electron chi connectivity index (χ3n) is 4.18. The van der Waals surface area contributed by atoms with E-state index < -0.39 is 5.91 Å². The van der Waals surface area contributed by atoms with Crippen LogP contribution in [0.15, 0.2) is 47.7 Å². The van der Waals surface area contributed by atoms with Crippen LogP contribution < -0.4 is 11.1 Å². The van der Waals surface area contributed by atoms with Crippen molar-refractivity contribution in [3.05, 3.63) is 47.7 Å². The lowest BCUT2D eigenvalue weighted by molar-refractivity contribution is -0.121. The molecule has 1 rings (SSSR count). The maximum absolute atomic E-state index is 12.9. The van der Waals surface area contributed by atoms with Crippen LogP contribution in [-0.4, -0.2) is 41.4 Å². The zero-order valence-corrected chi connectivity index (χ0v) is 15.6. The van der Waals surface area contributed by atoms with E-state index in [0.717, 1.165) is 31.9 Å². The van der Waals surface area contributed by atoms with Gasteiger partial charge in [-0.05, 0) is 51.7 Å². The fourth-order valence-electron chi connectivity index (χ4n) is 2.68. The van der Waals surface area contributed by atoms with Crippen LogP contribution in [0.3, 0.4) is 0 Å². The van der Waals surface area contributed by atoms with E-state index in [4.69, 9.17) is 15.9 Å². The second-order valence-corrected chi connectivity index (χ2v) is 5.89. The maximum Gasteiger partial charge on any atom is 0.293 e. The average molecular weight is 362 g/mol. The Morgan fingerprint density at radius 1 is 1.46 bits per heavy atom. The highest BCUT2D eigenvalue weighted by Crippen LogP contribution is 2.25. The first-order valence-electron chi connectivity index (χ1n) is 8.87. The van der Waals surface area contributed by atoms with Gasteiger partial charge >= 0.3 is 0 Å². The van der Waals surface area contributed by atoms with E-state index in [1.807, 2.05) is 6.92 Å². The number of amides is 1. The number of hydrogen-bond acceptors (Lipinski definition) is 6. The van der Waals surface area contributed by atoms with Crippen LogP contribution in [0.4, 0.5) is 0 Å². The number of carbonyl (C=O) groups is 1. The number of nitrogens with zero attached hydrogens (tertiary/aromatic N) is 1. The fourth-order valence-corrected chi connectivity index (χ4v) is 2.68. The minimum atomic E-state index is -0.502. The Kier molecular flexibility index (Phi) is 9.22. The van der Waals surface area contributed by atoms with Crippen LogP contribution in [0.2, 0.25) is 0 Å². The highest BCUT2D eigenvalue weighted by molar-refractivity contribution is 5.98. The van der Waals surface area contributed by atoms with Crippen molar-refractivity contribution in [1.29, 1.82) is 5.41 Å². The van der Waals surface area contributed by atoms with Gasteiger partial charge in [0.1, 0.15) is 11.5 Å². The molecule has 1 aliphatic rings. The van der Waals surface area contributed by atoms with Crippen LogP contribution in [0.25, 0.3) is 0 Å². The minimum Gasteiger partial charge on any atom is -0.508 e. The van der Waals surface area contributed by atoms with Crippen molar-refractivity contribution in [2.45, 2.75) is 45.6 Å². The minimum absolute atomic E-state index is 0.00635. The van der Waals surface area contributed by atoms with Crippen LogP contribution in [0, 0.1) is 5.41 Å². The summed E-state index contributed by atoms with van der Waals surface area (Å²) in [5, 5.41) is 20.1. The van der Waals surface area contributed by atoms with Gasteiger partial charge in [0.25, 0.3) is 5.91 Å². The SMILES string of the molecule is C=C/C(=C\C(O)=C/C)NC(=O)/C(OC1CCCC1)=C(\C=N)N(CC)CN. The zero-order valence-electron chi connectivity index (χ0n) is 15.6. The summed E-state index contributed by atoms with van der Waals surface area (Å²) in [5.41, 5.74) is 6.41. The quantitative estimate of drug-likeness (QED) is 0.157. The van der Waals surface area contributed by atoms with Gasteiger partial charge in [-0.15, -0.1) is 0 Å². The van der Waals surface area contributed by atoms with Crippen molar-refractivity contribution in [2.75, 3.05) is 13.2 Å². The van der Waals surface area contributed by atoms with Gasteiger partial charge in [-0.3, -0.25) is 4.79 Å². The molecule has 0 aromatic carbocycles. The molecule has 0 heterocycles. The van der Waals surface area contributed by atoms with Gasteiger partial charge in [0, 0.05) is 24.5 Å². The summed E-state index contributed by atoms with van der Waals surface area (Å²) in [6.45, 7) is 7.91. The van der Waals surface area contributed by atoms with E-state index in [9.17, 15) is 9.90 Å². The summed E-state index contributed by atoms with van der Waals surface area (Å²) in [6.07, 6.45) is 9.21. The number of allylic oxidation sites excluding steroid dienone is 4. The molecule has 0 aromatic rings.